The fourth-order valence-electron chi connectivity index (χ4n) is 5.49. The van der Waals surface area contributed by atoms with Crippen LogP contribution in [-0.4, -0.2) is 60.9 Å². The monoisotopic (exact) mass is 583 g/mol. The Hall–Kier alpha value is -4.70. The van der Waals surface area contributed by atoms with Gasteiger partial charge in [-0.15, -0.1) is 0 Å². The fourth-order valence-corrected chi connectivity index (χ4v) is 5.49. The van der Waals surface area contributed by atoms with Crippen molar-refractivity contribution in [2.45, 2.75) is 32.4 Å². The van der Waals surface area contributed by atoms with Gasteiger partial charge < -0.3 is 25.4 Å². The van der Waals surface area contributed by atoms with Crippen LogP contribution in [0.4, 0.5) is 0 Å². The van der Waals surface area contributed by atoms with Gasteiger partial charge in [0.05, 0.1) is 17.5 Å². The molecule has 0 radical (unpaired) electrons. The maximum atomic E-state index is 14.2. The lowest BCUT2D eigenvalue weighted by Crippen LogP contribution is -2.50. The number of aromatic nitrogens is 2. The van der Waals surface area contributed by atoms with Gasteiger partial charge in [0.25, 0.3) is 11.8 Å². The van der Waals surface area contributed by atoms with Gasteiger partial charge in [0.15, 0.2) is 6.61 Å². The van der Waals surface area contributed by atoms with Gasteiger partial charge in [0.2, 0.25) is 5.91 Å². The highest BCUT2D eigenvalue weighted by atomic mass is 16.5. The topological polar surface area (TPSA) is 124 Å². The predicted octanol–water partition coefficient (Wildman–Crippen LogP) is 3.25. The fraction of sp³-hybridized carbons (Fsp3) is 0.333. The first-order chi connectivity index (χ1) is 21.0. The second-order valence-corrected chi connectivity index (χ2v) is 10.8. The van der Waals surface area contributed by atoms with Gasteiger partial charge in [-0.1, -0.05) is 60.7 Å². The molecule has 3 amide bonds. The van der Waals surface area contributed by atoms with Crippen molar-refractivity contribution in [2.75, 3.05) is 33.4 Å². The number of carbonyl (C=O) groups is 3. The summed E-state index contributed by atoms with van der Waals surface area (Å²) in [5.41, 5.74) is 1.87. The SMILES string of the molecule is COCCCC1(C(=O)NCc2ccccc2)CNC(=O)c2c3ccccc3nn2CCNC(=O)COc2cccc(c2)C1. The van der Waals surface area contributed by atoms with Gasteiger partial charge >= 0.3 is 0 Å². The average Bonchev–Trinajstić information content (AvgIpc) is 3.40. The van der Waals surface area contributed by atoms with E-state index in [9.17, 15) is 14.4 Å². The largest absolute Gasteiger partial charge is 0.484 e. The number of amides is 3. The van der Waals surface area contributed by atoms with E-state index in [1.165, 1.54) is 0 Å². The van der Waals surface area contributed by atoms with Crippen LogP contribution in [0.5, 0.6) is 5.75 Å². The number of fused-ring (bicyclic) bond motifs is 5. The van der Waals surface area contributed by atoms with Crippen LogP contribution >= 0.6 is 0 Å². The zero-order valence-electron chi connectivity index (χ0n) is 24.3. The molecule has 1 atom stereocenters. The second kappa shape index (κ2) is 14.0. The van der Waals surface area contributed by atoms with E-state index in [1.54, 1.807) is 17.9 Å². The molecule has 0 saturated heterocycles. The Morgan fingerprint density at radius 3 is 2.70 bits per heavy atom. The van der Waals surface area contributed by atoms with Gasteiger partial charge in [-0.2, -0.15) is 5.10 Å². The van der Waals surface area contributed by atoms with Gasteiger partial charge in [-0.25, -0.2) is 0 Å². The van der Waals surface area contributed by atoms with Crippen molar-refractivity contribution in [3.05, 3.63) is 95.7 Å². The lowest BCUT2D eigenvalue weighted by Gasteiger charge is -2.33. The van der Waals surface area contributed by atoms with E-state index in [-0.39, 0.29) is 44.0 Å². The summed E-state index contributed by atoms with van der Waals surface area (Å²) >= 11 is 0. The van der Waals surface area contributed by atoms with Gasteiger partial charge in [0.1, 0.15) is 11.4 Å². The number of benzene rings is 3. The first kappa shape index (κ1) is 29.8. The predicted molar refractivity (Wildman–Crippen MR) is 163 cm³/mol. The number of rotatable bonds is 7. The van der Waals surface area contributed by atoms with Crippen molar-refractivity contribution >= 4 is 28.6 Å². The summed E-state index contributed by atoms with van der Waals surface area (Å²) in [5.74, 6) is -0.261. The lowest BCUT2D eigenvalue weighted by atomic mass is 9.76. The van der Waals surface area contributed by atoms with Crippen molar-refractivity contribution in [1.29, 1.82) is 0 Å². The minimum Gasteiger partial charge on any atom is -0.484 e. The molecule has 1 aliphatic heterocycles. The molecule has 43 heavy (non-hydrogen) atoms. The molecule has 10 heteroatoms. The van der Waals surface area contributed by atoms with Crippen molar-refractivity contribution in [3.63, 3.8) is 0 Å². The molecule has 2 heterocycles. The maximum Gasteiger partial charge on any atom is 0.270 e. The normalized spacial score (nSPS) is 17.8. The quantitative estimate of drug-likeness (QED) is 0.287. The molecule has 0 fully saturated rings. The third-order valence-electron chi connectivity index (χ3n) is 7.69. The molecule has 3 N–H and O–H groups in total. The molecule has 10 nitrogen and oxygen atoms in total. The summed E-state index contributed by atoms with van der Waals surface area (Å²) in [7, 11) is 1.63. The third kappa shape index (κ3) is 7.39. The molecular weight excluding hydrogens is 546 g/mol. The molecule has 4 aromatic rings. The Bertz CT molecular complexity index is 1570. The zero-order chi connectivity index (χ0) is 30.1. The number of nitrogens with one attached hydrogen (secondary N) is 3. The van der Waals surface area contributed by atoms with E-state index in [1.807, 2.05) is 72.8 Å². The van der Waals surface area contributed by atoms with E-state index in [0.717, 1.165) is 11.1 Å². The van der Waals surface area contributed by atoms with Crippen LogP contribution in [0.3, 0.4) is 0 Å². The number of hydrogen-bond acceptors (Lipinski definition) is 6. The molecule has 5 rings (SSSR count). The van der Waals surface area contributed by atoms with Crippen molar-refractivity contribution < 1.29 is 23.9 Å². The summed E-state index contributed by atoms with van der Waals surface area (Å²) < 4.78 is 12.8. The zero-order valence-corrected chi connectivity index (χ0v) is 24.3. The summed E-state index contributed by atoms with van der Waals surface area (Å²) in [5, 5.41) is 14.4. The van der Waals surface area contributed by atoms with Crippen LogP contribution in [0.15, 0.2) is 78.9 Å². The summed E-state index contributed by atoms with van der Waals surface area (Å²) in [6.07, 6.45) is 1.42. The van der Waals surface area contributed by atoms with Crippen LogP contribution in [0.1, 0.15) is 34.5 Å². The van der Waals surface area contributed by atoms with Gasteiger partial charge in [0, 0.05) is 38.7 Å². The average molecular weight is 584 g/mol. The Labute approximate surface area is 250 Å². The smallest absolute Gasteiger partial charge is 0.270 e. The molecule has 0 saturated carbocycles. The van der Waals surface area contributed by atoms with E-state index < -0.39 is 5.41 Å². The molecule has 2 bridgehead atoms. The van der Waals surface area contributed by atoms with Gasteiger partial charge in [-0.3, -0.25) is 19.1 Å². The Morgan fingerprint density at radius 1 is 1.05 bits per heavy atom. The first-order valence-corrected chi connectivity index (χ1v) is 14.5. The van der Waals surface area contributed by atoms with Gasteiger partial charge in [-0.05, 0) is 48.6 Å². The van der Waals surface area contributed by atoms with Crippen molar-refractivity contribution in [2.24, 2.45) is 5.41 Å². The molecule has 0 aliphatic carbocycles. The Kier molecular flexibility index (Phi) is 9.68. The molecular formula is C33H37N5O5. The van der Waals surface area contributed by atoms with Crippen LogP contribution in [0.2, 0.25) is 0 Å². The molecule has 1 aromatic heterocycles. The first-order valence-electron chi connectivity index (χ1n) is 14.5. The number of nitrogens with zero attached hydrogens (tertiary/aromatic N) is 2. The molecule has 1 unspecified atom stereocenters. The van der Waals surface area contributed by atoms with E-state index in [0.29, 0.717) is 54.8 Å². The number of ether oxygens (including phenoxy) is 2. The summed E-state index contributed by atoms with van der Waals surface area (Å²) in [6, 6.07) is 24.5. The number of carbonyl (C=O) groups excluding carboxylic acids is 3. The minimum atomic E-state index is -1.00. The Balaban J connectivity index is 1.53. The second-order valence-electron chi connectivity index (χ2n) is 10.8. The van der Waals surface area contributed by atoms with Crippen LogP contribution < -0.4 is 20.7 Å². The Morgan fingerprint density at radius 2 is 1.86 bits per heavy atom. The molecule has 224 valence electrons. The standard InChI is InChI=1S/C33H37N5O5/c1-42-18-8-15-33(32(41)35-21-24-9-3-2-4-10-24)20-25-11-7-12-26(19-25)43-22-29(39)34-16-17-38-30(31(40)36-23-33)27-13-5-6-14-28(27)37-38/h2-7,9-14,19H,8,15-18,20-23H2,1H3,(H,34,39)(H,35,41)(H,36,40). The highest BCUT2D eigenvalue weighted by molar-refractivity contribution is 6.05. The van der Waals surface area contributed by atoms with Crippen LogP contribution in [-0.2, 0) is 33.8 Å². The van der Waals surface area contributed by atoms with E-state index in [2.05, 4.69) is 21.0 Å². The van der Waals surface area contributed by atoms with E-state index >= 15 is 0 Å². The third-order valence-corrected chi connectivity index (χ3v) is 7.69. The van der Waals surface area contributed by atoms with Crippen LogP contribution in [0.25, 0.3) is 10.9 Å². The van der Waals surface area contributed by atoms with Crippen molar-refractivity contribution in [3.8, 4) is 5.75 Å². The number of methoxy groups -OCH3 is 1. The maximum absolute atomic E-state index is 14.2. The summed E-state index contributed by atoms with van der Waals surface area (Å²) in [6.45, 7) is 1.31. The lowest BCUT2D eigenvalue weighted by molar-refractivity contribution is -0.131. The van der Waals surface area contributed by atoms with E-state index in [4.69, 9.17) is 9.47 Å². The van der Waals surface area contributed by atoms with Crippen molar-refractivity contribution in [1.82, 2.24) is 25.7 Å². The minimum absolute atomic E-state index is 0.0947. The van der Waals surface area contributed by atoms with Crippen LogP contribution in [0, 0.1) is 5.41 Å². The molecule has 0 spiro atoms. The highest BCUT2D eigenvalue weighted by Crippen LogP contribution is 2.31. The molecule has 1 aliphatic rings. The number of hydrogen-bond donors (Lipinski definition) is 3. The summed E-state index contributed by atoms with van der Waals surface area (Å²) in [4.78, 5) is 40.6. The highest BCUT2D eigenvalue weighted by Gasteiger charge is 2.39. The molecule has 3 aromatic carbocycles.